The Labute approximate surface area is 121 Å². The normalized spacial score (nSPS) is 10.9. The Morgan fingerprint density at radius 1 is 1.10 bits per heavy atom. The Hall–Kier alpha value is -1.61. The second-order valence-corrected chi connectivity index (χ2v) is 5.19. The molecule has 0 aliphatic heterocycles. The van der Waals surface area contributed by atoms with Crippen LogP contribution in [-0.2, 0) is 6.42 Å². The second kappa shape index (κ2) is 7.25. The van der Waals surface area contributed by atoms with E-state index in [1.54, 1.807) is 0 Å². The van der Waals surface area contributed by atoms with Crippen LogP contribution in [0.15, 0.2) is 30.3 Å². The van der Waals surface area contributed by atoms with E-state index in [0.29, 0.717) is 6.54 Å². The van der Waals surface area contributed by atoms with Crippen molar-refractivity contribution in [2.45, 2.75) is 33.1 Å². The van der Waals surface area contributed by atoms with Crippen molar-refractivity contribution in [1.82, 2.24) is 4.98 Å². The molecular formula is C17H25N3. The van der Waals surface area contributed by atoms with Gasteiger partial charge in [-0.25, -0.2) is 4.98 Å². The van der Waals surface area contributed by atoms with Crippen LogP contribution >= 0.6 is 0 Å². The van der Waals surface area contributed by atoms with Crippen LogP contribution in [0.4, 0.5) is 5.82 Å². The van der Waals surface area contributed by atoms with Gasteiger partial charge >= 0.3 is 0 Å². The first kappa shape index (κ1) is 14.8. The minimum atomic E-state index is 0.666. The number of para-hydroxylation sites is 1. The number of nitrogens with zero attached hydrogens (tertiary/aromatic N) is 2. The minimum absolute atomic E-state index is 0.666. The van der Waals surface area contributed by atoms with E-state index in [0.717, 1.165) is 43.7 Å². The third kappa shape index (κ3) is 3.28. The monoisotopic (exact) mass is 271 g/mol. The first-order chi connectivity index (χ1) is 9.80. The van der Waals surface area contributed by atoms with Crippen LogP contribution in [0, 0.1) is 0 Å². The number of pyridine rings is 1. The molecule has 1 aromatic heterocycles. The average molecular weight is 271 g/mol. The van der Waals surface area contributed by atoms with Gasteiger partial charge < -0.3 is 10.6 Å². The second-order valence-electron chi connectivity index (χ2n) is 5.19. The van der Waals surface area contributed by atoms with Crippen molar-refractivity contribution in [3.8, 4) is 0 Å². The molecule has 3 heteroatoms. The van der Waals surface area contributed by atoms with Crippen molar-refractivity contribution in [3.63, 3.8) is 0 Å². The highest BCUT2D eigenvalue weighted by Gasteiger charge is 2.12. The molecule has 2 N–H and O–H groups in total. The lowest BCUT2D eigenvalue weighted by Gasteiger charge is -2.25. The molecule has 0 bridgehead atoms. The summed E-state index contributed by atoms with van der Waals surface area (Å²) in [6, 6.07) is 10.6. The molecule has 0 amide bonds. The van der Waals surface area contributed by atoms with Crippen molar-refractivity contribution < 1.29 is 0 Å². The number of rotatable bonds is 7. The Kier molecular flexibility index (Phi) is 5.36. The standard InChI is InChI=1S/C17H25N3/c1-3-11-20(12-4-2)17-15(9-10-18)13-14-7-5-6-8-16(14)19-17/h5-8,13H,3-4,9-12,18H2,1-2H3. The van der Waals surface area contributed by atoms with Crippen LogP contribution in [0.1, 0.15) is 32.3 Å². The van der Waals surface area contributed by atoms with Crippen LogP contribution in [0.25, 0.3) is 10.9 Å². The van der Waals surface area contributed by atoms with Gasteiger partial charge in [0.25, 0.3) is 0 Å². The SMILES string of the molecule is CCCN(CCC)c1nc2ccccc2cc1CCN. The van der Waals surface area contributed by atoms with Gasteiger partial charge in [-0.2, -0.15) is 0 Å². The van der Waals surface area contributed by atoms with Crippen LogP contribution < -0.4 is 10.6 Å². The largest absolute Gasteiger partial charge is 0.356 e. The highest BCUT2D eigenvalue weighted by Crippen LogP contribution is 2.24. The van der Waals surface area contributed by atoms with E-state index in [1.807, 2.05) is 6.07 Å². The fraction of sp³-hybridized carbons (Fsp3) is 0.471. The topological polar surface area (TPSA) is 42.2 Å². The van der Waals surface area contributed by atoms with Crippen molar-refractivity contribution >= 4 is 16.7 Å². The Morgan fingerprint density at radius 2 is 1.80 bits per heavy atom. The van der Waals surface area contributed by atoms with Gasteiger partial charge in [-0.05, 0) is 43.5 Å². The fourth-order valence-electron chi connectivity index (χ4n) is 2.63. The quantitative estimate of drug-likeness (QED) is 0.839. The summed E-state index contributed by atoms with van der Waals surface area (Å²) < 4.78 is 0. The molecule has 2 aromatic rings. The first-order valence-corrected chi connectivity index (χ1v) is 7.63. The lowest BCUT2D eigenvalue weighted by Crippen LogP contribution is -2.27. The average Bonchev–Trinajstić information content (AvgIpc) is 2.47. The molecule has 0 fully saturated rings. The summed E-state index contributed by atoms with van der Waals surface area (Å²) in [4.78, 5) is 7.30. The fourth-order valence-corrected chi connectivity index (χ4v) is 2.63. The van der Waals surface area contributed by atoms with Gasteiger partial charge in [-0.1, -0.05) is 32.0 Å². The van der Waals surface area contributed by atoms with E-state index < -0.39 is 0 Å². The molecule has 0 saturated heterocycles. The summed E-state index contributed by atoms with van der Waals surface area (Å²) in [5.41, 5.74) is 8.12. The molecule has 0 aliphatic carbocycles. The maximum Gasteiger partial charge on any atom is 0.132 e. The third-order valence-corrected chi connectivity index (χ3v) is 3.48. The minimum Gasteiger partial charge on any atom is -0.356 e. The van der Waals surface area contributed by atoms with E-state index in [9.17, 15) is 0 Å². The van der Waals surface area contributed by atoms with E-state index in [1.165, 1.54) is 10.9 Å². The third-order valence-electron chi connectivity index (χ3n) is 3.48. The summed E-state index contributed by atoms with van der Waals surface area (Å²) in [6.07, 6.45) is 3.16. The summed E-state index contributed by atoms with van der Waals surface area (Å²) >= 11 is 0. The molecule has 1 aromatic carbocycles. The van der Waals surface area contributed by atoms with Crippen molar-refractivity contribution in [1.29, 1.82) is 0 Å². The maximum atomic E-state index is 5.78. The molecule has 1 heterocycles. The lowest BCUT2D eigenvalue weighted by molar-refractivity contribution is 0.729. The predicted octanol–water partition coefficient (Wildman–Crippen LogP) is 3.36. The van der Waals surface area contributed by atoms with E-state index in [4.69, 9.17) is 10.7 Å². The summed E-state index contributed by atoms with van der Waals surface area (Å²) in [6.45, 7) is 7.20. The maximum absolute atomic E-state index is 5.78. The van der Waals surface area contributed by atoms with Gasteiger partial charge in [0.1, 0.15) is 5.82 Å². The number of fused-ring (bicyclic) bond motifs is 1. The summed E-state index contributed by atoms with van der Waals surface area (Å²) in [5.74, 6) is 1.12. The number of hydrogen-bond donors (Lipinski definition) is 1. The Morgan fingerprint density at radius 3 is 2.45 bits per heavy atom. The van der Waals surface area contributed by atoms with Crippen molar-refractivity contribution in [2.24, 2.45) is 5.73 Å². The number of benzene rings is 1. The van der Waals surface area contributed by atoms with Crippen LogP contribution in [0.2, 0.25) is 0 Å². The lowest BCUT2D eigenvalue weighted by atomic mass is 10.1. The number of nitrogens with two attached hydrogens (primary N) is 1. The molecule has 108 valence electrons. The van der Waals surface area contributed by atoms with E-state index >= 15 is 0 Å². The zero-order chi connectivity index (χ0) is 14.4. The zero-order valence-electron chi connectivity index (χ0n) is 12.6. The molecule has 0 unspecified atom stereocenters. The summed E-state index contributed by atoms with van der Waals surface area (Å²) in [5, 5.41) is 1.20. The Balaban J connectivity index is 2.48. The van der Waals surface area contributed by atoms with Crippen molar-refractivity contribution in [2.75, 3.05) is 24.5 Å². The van der Waals surface area contributed by atoms with Gasteiger partial charge in [0.2, 0.25) is 0 Å². The van der Waals surface area contributed by atoms with Gasteiger partial charge in [-0.3, -0.25) is 0 Å². The van der Waals surface area contributed by atoms with Crippen LogP contribution in [0.5, 0.6) is 0 Å². The molecule has 3 nitrogen and oxygen atoms in total. The van der Waals surface area contributed by atoms with Gasteiger partial charge in [0.05, 0.1) is 5.52 Å². The van der Waals surface area contributed by atoms with Gasteiger partial charge in [-0.15, -0.1) is 0 Å². The number of anilines is 1. The molecule has 0 atom stereocenters. The van der Waals surface area contributed by atoms with Gasteiger partial charge in [0.15, 0.2) is 0 Å². The molecule has 0 spiro atoms. The first-order valence-electron chi connectivity index (χ1n) is 7.63. The predicted molar refractivity (Wildman–Crippen MR) is 87.3 cm³/mol. The molecule has 20 heavy (non-hydrogen) atoms. The summed E-state index contributed by atoms with van der Waals surface area (Å²) in [7, 11) is 0. The Bertz CT molecular complexity index is 545. The van der Waals surface area contributed by atoms with E-state index in [-0.39, 0.29) is 0 Å². The highest BCUT2D eigenvalue weighted by molar-refractivity contribution is 5.81. The molecule has 2 rings (SSSR count). The smallest absolute Gasteiger partial charge is 0.132 e. The number of hydrogen-bond acceptors (Lipinski definition) is 3. The zero-order valence-corrected chi connectivity index (χ0v) is 12.6. The molecule has 0 radical (unpaired) electrons. The molecule has 0 aliphatic rings. The van der Waals surface area contributed by atoms with Crippen LogP contribution in [-0.4, -0.2) is 24.6 Å². The number of aromatic nitrogens is 1. The van der Waals surface area contributed by atoms with Crippen molar-refractivity contribution in [3.05, 3.63) is 35.9 Å². The molecule has 0 saturated carbocycles. The van der Waals surface area contributed by atoms with E-state index in [2.05, 4.69) is 43.0 Å². The van der Waals surface area contributed by atoms with Gasteiger partial charge in [0, 0.05) is 18.5 Å². The molecular weight excluding hydrogens is 246 g/mol. The van der Waals surface area contributed by atoms with Crippen LogP contribution in [0.3, 0.4) is 0 Å². The highest BCUT2D eigenvalue weighted by atomic mass is 15.2.